The van der Waals surface area contributed by atoms with Gasteiger partial charge in [0.25, 0.3) is 0 Å². The molecule has 5 nitrogen and oxygen atoms in total. The molecule has 0 saturated heterocycles. The normalized spacial score (nSPS) is 9.71. The third-order valence-corrected chi connectivity index (χ3v) is 1.77. The van der Waals surface area contributed by atoms with Crippen molar-refractivity contribution in [3.8, 4) is 11.8 Å². The van der Waals surface area contributed by atoms with Gasteiger partial charge in [0, 0.05) is 5.69 Å². The zero-order valence-electron chi connectivity index (χ0n) is 7.55. The number of pyridine rings is 1. The van der Waals surface area contributed by atoms with Crippen LogP contribution < -0.4 is 0 Å². The van der Waals surface area contributed by atoms with Crippen LogP contribution in [0.3, 0.4) is 0 Å². The van der Waals surface area contributed by atoms with Gasteiger partial charge in [-0.05, 0) is 19.1 Å². The van der Waals surface area contributed by atoms with Crippen LogP contribution >= 0.6 is 0 Å². The maximum atomic E-state index is 8.73. The Morgan fingerprint density at radius 1 is 1.29 bits per heavy atom. The smallest absolute Gasteiger partial charge is 0.142 e. The second-order valence-corrected chi connectivity index (χ2v) is 2.83. The first-order valence-corrected chi connectivity index (χ1v) is 4.03. The molecule has 5 heteroatoms. The minimum absolute atomic E-state index is 0.397. The lowest BCUT2D eigenvalue weighted by Crippen LogP contribution is -1.95. The van der Waals surface area contributed by atoms with Crippen LogP contribution in [0.25, 0.3) is 5.69 Å². The molecule has 2 heterocycles. The van der Waals surface area contributed by atoms with Crippen molar-refractivity contribution in [3.05, 3.63) is 36.2 Å². The van der Waals surface area contributed by atoms with Crippen molar-refractivity contribution in [1.82, 2.24) is 19.7 Å². The molecule has 68 valence electrons. The fourth-order valence-corrected chi connectivity index (χ4v) is 1.19. The fraction of sp³-hybridized carbons (Fsp3) is 0.111. The Kier molecular flexibility index (Phi) is 1.95. The van der Waals surface area contributed by atoms with E-state index in [1.165, 1.54) is 0 Å². The highest BCUT2D eigenvalue weighted by Gasteiger charge is 2.00. The SMILES string of the molecule is Cc1cc(-n2cnnc2)cc(C#N)n1. The number of hydrogen-bond donors (Lipinski definition) is 0. The molecule has 0 radical (unpaired) electrons. The standard InChI is InChI=1S/C9H7N5/c1-7-2-9(3-8(4-10)13-7)14-5-11-12-6-14/h2-3,5-6H,1H3. The highest BCUT2D eigenvalue weighted by Crippen LogP contribution is 2.09. The zero-order valence-corrected chi connectivity index (χ0v) is 7.55. The maximum Gasteiger partial charge on any atom is 0.142 e. The van der Waals surface area contributed by atoms with Crippen LogP contribution in [0.4, 0.5) is 0 Å². The monoisotopic (exact) mass is 185 g/mol. The molecule has 2 rings (SSSR count). The first-order valence-electron chi connectivity index (χ1n) is 4.03. The third kappa shape index (κ3) is 1.45. The van der Waals surface area contributed by atoms with E-state index in [0.717, 1.165) is 11.4 Å². The molecule has 0 bridgehead atoms. The lowest BCUT2D eigenvalue weighted by atomic mass is 10.3. The Balaban J connectivity index is 2.55. The summed E-state index contributed by atoms with van der Waals surface area (Å²) < 4.78 is 1.73. The molecular formula is C9H7N5. The number of nitrogens with zero attached hydrogens (tertiary/aromatic N) is 5. The number of aromatic nitrogens is 4. The molecule has 0 aliphatic rings. The second kappa shape index (κ2) is 3.26. The van der Waals surface area contributed by atoms with E-state index < -0.39 is 0 Å². The summed E-state index contributed by atoms with van der Waals surface area (Å²) in [4.78, 5) is 4.05. The molecule has 0 aromatic carbocycles. The molecule has 14 heavy (non-hydrogen) atoms. The first-order chi connectivity index (χ1) is 6.79. The van der Waals surface area contributed by atoms with E-state index in [-0.39, 0.29) is 0 Å². The van der Waals surface area contributed by atoms with E-state index in [9.17, 15) is 0 Å². The van der Waals surface area contributed by atoms with Crippen molar-refractivity contribution in [1.29, 1.82) is 5.26 Å². The predicted molar refractivity (Wildman–Crippen MR) is 48.6 cm³/mol. The van der Waals surface area contributed by atoms with Crippen LogP contribution in [0.15, 0.2) is 24.8 Å². The lowest BCUT2D eigenvalue weighted by Gasteiger charge is -2.01. The van der Waals surface area contributed by atoms with Crippen molar-refractivity contribution < 1.29 is 0 Å². The minimum Gasteiger partial charge on any atom is -0.288 e. The van der Waals surface area contributed by atoms with Gasteiger partial charge in [-0.1, -0.05) is 0 Å². The molecule has 0 atom stereocenters. The molecule has 0 fully saturated rings. The van der Waals surface area contributed by atoms with Gasteiger partial charge in [0.2, 0.25) is 0 Å². The number of hydrogen-bond acceptors (Lipinski definition) is 4. The zero-order chi connectivity index (χ0) is 9.97. The number of nitriles is 1. The van der Waals surface area contributed by atoms with Gasteiger partial charge < -0.3 is 0 Å². The van der Waals surface area contributed by atoms with Gasteiger partial charge in [-0.25, -0.2) is 4.98 Å². The van der Waals surface area contributed by atoms with Crippen molar-refractivity contribution >= 4 is 0 Å². The molecule has 0 aliphatic heterocycles. The van der Waals surface area contributed by atoms with Crippen molar-refractivity contribution in [2.24, 2.45) is 0 Å². The number of aryl methyl sites for hydroxylation is 1. The Labute approximate surface area is 80.7 Å². The van der Waals surface area contributed by atoms with Gasteiger partial charge in [-0.2, -0.15) is 5.26 Å². The Morgan fingerprint density at radius 2 is 2.00 bits per heavy atom. The van der Waals surface area contributed by atoms with Gasteiger partial charge in [-0.3, -0.25) is 4.57 Å². The molecule has 0 spiro atoms. The van der Waals surface area contributed by atoms with E-state index in [0.29, 0.717) is 5.69 Å². The lowest BCUT2D eigenvalue weighted by molar-refractivity contribution is 1.03. The van der Waals surface area contributed by atoms with Gasteiger partial charge in [0.05, 0.1) is 5.69 Å². The summed E-state index contributed by atoms with van der Waals surface area (Å²) in [5.41, 5.74) is 2.04. The Morgan fingerprint density at radius 3 is 2.64 bits per heavy atom. The van der Waals surface area contributed by atoms with Crippen LogP contribution in [-0.4, -0.2) is 19.7 Å². The summed E-state index contributed by atoms with van der Waals surface area (Å²) >= 11 is 0. The van der Waals surface area contributed by atoms with E-state index in [4.69, 9.17) is 5.26 Å². The van der Waals surface area contributed by atoms with Crippen LogP contribution in [0.2, 0.25) is 0 Å². The van der Waals surface area contributed by atoms with Crippen LogP contribution in [0, 0.1) is 18.3 Å². The van der Waals surface area contributed by atoms with E-state index in [2.05, 4.69) is 15.2 Å². The highest BCUT2D eigenvalue weighted by molar-refractivity contribution is 5.38. The number of rotatable bonds is 1. The fourth-order valence-electron chi connectivity index (χ4n) is 1.19. The third-order valence-electron chi connectivity index (χ3n) is 1.77. The molecule has 0 amide bonds. The van der Waals surface area contributed by atoms with Gasteiger partial charge in [0.1, 0.15) is 24.4 Å². The van der Waals surface area contributed by atoms with E-state index in [1.54, 1.807) is 23.3 Å². The summed E-state index contributed by atoms with van der Waals surface area (Å²) in [6, 6.07) is 5.56. The molecule has 2 aromatic rings. The van der Waals surface area contributed by atoms with Crippen LogP contribution in [0.1, 0.15) is 11.4 Å². The largest absolute Gasteiger partial charge is 0.288 e. The minimum atomic E-state index is 0.397. The average molecular weight is 185 g/mol. The molecule has 0 unspecified atom stereocenters. The summed E-state index contributed by atoms with van der Waals surface area (Å²) in [6.07, 6.45) is 3.16. The summed E-state index contributed by atoms with van der Waals surface area (Å²) in [7, 11) is 0. The first kappa shape index (κ1) is 8.38. The second-order valence-electron chi connectivity index (χ2n) is 2.83. The van der Waals surface area contributed by atoms with E-state index >= 15 is 0 Å². The molecule has 2 aromatic heterocycles. The highest BCUT2D eigenvalue weighted by atomic mass is 15.2. The van der Waals surface area contributed by atoms with Crippen molar-refractivity contribution in [2.45, 2.75) is 6.92 Å². The van der Waals surface area contributed by atoms with Gasteiger partial charge in [-0.15, -0.1) is 10.2 Å². The van der Waals surface area contributed by atoms with Gasteiger partial charge >= 0.3 is 0 Å². The summed E-state index contributed by atoms with van der Waals surface area (Å²) in [6.45, 7) is 1.84. The quantitative estimate of drug-likeness (QED) is 0.660. The Hall–Kier alpha value is -2.22. The van der Waals surface area contributed by atoms with Crippen LogP contribution in [0.5, 0.6) is 0 Å². The predicted octanol–water partition coefficient (Wildman–Crippen LogP) is 0.842. The molecule has 0 saturated carbocycles. The van der Waals surface area contributed by atoms with E-state index in [1.807, 2.05) is 19.1 Å². The summed E-state index contributed by atoms with van der Waals surface area (Å²) in [5, 5.41) is 16.1. The van der Waals surface area contributed by atoms with Crippen molar-refractivity contribution in [3.63, 3.8) is 0 Å². The van der Waals surface area contributed by atoms with Crippen molar-refractivity contribution in [2.75, 3.05) is 0 Å². The summed E-state index contributed by atoms with van der Waals surface area (Å²) in [5.74, 6) is 0. The maximum absolute atomic E-state index is 8.73. The topological polar surface area (TPSA) is 67.4 Å². The Bertz CT molecular complexity index is 480. The molecule has 0 aliphatic carbocycles. The average Bonchev–Trinajstić information content (AvgIpc) is 2.69. The molecular weight excluding hydrogens is 178 g/mol. The van der Waals surface area contributed by atoms with Gasteiger partial charge in [0.15, 0.2) is 0 Å². The molecule has 0 N–H and O–H groups in total. The van der Waals surface area contributed by atoms with Crippen LogP contribution in [-0.2, 0) is 0 Å².